The molecule has 206 valence electrons. The van der Waals surface area contributed by atoms with Gasteiger partial charge in [-0.25, -0.2) is 9.97 Å². The molecule has 2 aromatic rings. The Morgan fingerprint density at radius 2 is 1.41 bits per heavy atom. The molecule has 2 atom stereocenters. The quantitative estimate of drug-likeness (QED) is 0.177. The van der Waals surface area contributed by atoms with Gasteiger partial charge in [-0.2, -0.15) is 0 Å². The summed E-state index contributed by atoms with van der Waals surface area (Å²) >= 11 is 0. The lowest BCUT2D eigenvalue weighted by molar-refractivity contribution is -0.185. The first-order valence-electron chi connectivity index (χ1n) is 15.4. The molecule has 1 aliphatic heterocycles. The Hall–Kier alpha value is -1.78. The van der Waals surface area contributed by atoms with Crippen molar-refractivity contribution in [1.29, 1.82) is 0 Å². The topological polar surface area (TPSA) is 44.2 Å². The predicted octanol–water partition coefficient (Wildman–Crippen LogP) is 9.25. The van der Waals surface area contributed by atoms with Gasteiger partial charge in [0.2, 0.25) is 0 Å². The summed E-state index contributed by atoms with van der Waals surface area (Å²) in [7, 11) is 0. The van der Waals surface area contributed by atoms with Crippen LogP contribution in [0.1, 0.15) is 128 Å². The maximum absolute atomic E-state index is 6.02. The highest BCUT2D eigenvalue weighted by atomic mass is 16.7. The fourth-order valence-corrected chi connectivity index (χ4v) is 5.18. The van der Waals surface area contributed by atoms with Gasteiger partial charge in [-0.1, -0.05) is 95.4 Å². The summed E-state index contributed by atoms with van der Waals surface area (Å²) in [5, 5.41) is 0. The fourth-order valence-electron chi connectivity index (χ4n) is 5.18. The van der Waals surface area contributed by atoms with Gasteiger partial charge in [-0.15, -0.1) is 0 Å². The average Bonchev–Trinajstić information content (AvgIpc) is 2.93. The van der Waals surface area contributed by atoms with Crippen molar-refractivity contribution in [3.63, 3.8) is 0 Å². The molecule has 1 saturated heterocycles. The molecule has 0 bridgehead atoms. The molecule has 0 aliphatic carbocycles. The third-order valence-corrected chi connectivity index (χ3v) is 7.58. The van der Waals surface area contributed by atoms with Gasteiger partial charge in [0.05, 0.1) is 6.10 Å². The molecule has 4 nitrogen and oxygen atoms in total. The minimum atomic E-state index is 0.0318. The molecular weight excluding hydrogens is 456 g/mol. The van der Waals surface area contributed by atoms with Crippen LogP contribution in [0.15, 0.2) is 36.7 Å². The maximum Gasteiger partial charge on any atom is 0.159 e. The highest BCUT2D eigenvalue weighted by molar-refractivity contribution is 5.55. The Morgan fingerprint density at radius 3 is 2.05 bits per heavy atom. The number of aryl methyl sites for hydroxylation is 2. The summed E-state index contributed by atoms with van der Waals surface area (Å²) < 4.78 is 11.7. The van der Waals surface area contributed by atoms with Crippen LogP contribution < -0.4 is 0 Å². The number of hydrogen-bond acceptors (Lipinski definition) is 4. The van der Waals surface area contributed by atoms with E-state index < -0.39 is 0 Å². The molecule has 1 aliphatic rings. The Morgan fingerprint density at radius 1 is 0.784 bits per heavy atom. The molecule has 1 aromatic carbocycles. The molecule has 2 unspecified atom stereocenters. The molecule has 0 amide bonds. The minimum absolute atomic E-state index is 0.0318. The van der Waals surface area contributed by atoms with Crippen molar-refractivity contribution in [2.24, 2.45) is 0 Å². The van der Waals surface area contributed by atoms with Crippen molar-refractivity contribution in [1.82, 2.24) is 9.97 Å². The summed E-state index contributed by atoms with van der Waals surface area (Å²) in [5.41, 5.74) is 3.78. The summed E-state index contributed by atoms with van der Waals surface area (Å²) in [4.78, 5) is 9.30. The Balaban J connectivity index is 1.24. The first-order chi connectivity index (χ1) is 18.2. The maximum atomic E-state index is 6.02. The van der Waals surface area contributed by atoms with E-state index in [1.54, 1.807) is 0 Å². The molecule has 0 N–H and O–H groups in total. The van der Waals surface area contributed by atoms with Crippen LogP contribution in [0.4, 0.5) is 0 Å². The van der Waals surface area contributed by atoms with E-state index in [0.29, 0.717) is 6.10 Å². The molecule has 4 heteroatoms. The number of ether oxygens (including phenoxy) is 2. The fraction of sp³-hybridized carbons (Fsp3) is 0.697. The Kier molecular flexibility index (Phi) is 14.9. The van der Waals surface area contributed by atoms with Crippen LogP contribution in [-0.2, 0) is 22.3 Å². The van der Waals surface area contributed by atoms with Crippen molar-refractivity contribution in [3.05, 3.63) is 47.8 Å². The zero-order valence-electron chi connectivity index (χ0n) is 23.8. The molecule has 0 spiro atoms. The largest absolute Gasteiger partial charge is 0.353 e. The van der Waals surface area contributed by atoms with Crippen LogP contribution in [0, 0.1) is 0 Å². The number of aromatic nitrogens is 2. The number of rotatable bonds is 19. The van der Waals surface area contributed by atoms with Crippen LogP contribution in [0.2, 0.25) is 0 Å². The summed E-state index contributed by atoms with van der Waals surface area (Å²) in [6.45, 7) is 5.32. The number of hydrogen-bond donors (Lipinski definition) is 0. The summed E-state index contributed by atoms with van der Waals surface area (Å²) in [6, 6.07) is 8.87. The zero-order valence-corrected chi connectivity index (χ0v) is 23.8. The molecule has 37 heavy (non-hydrogen) atoms. The lowest BCUT2D eigenvalue weighted by Crippen LogP contribution is -2.26. The molecule has 3 rings (SSSR count). The van der Waals surface area contributed by atoms with Crippen molar-refractivity contribution < 1.29 is 9.47 Å². The monoisotopic (exact) mass is 508 g/mol. The molecule has 2 heterocycles. The standard InChI is InChI=1S/C33H52N2O2/c1-3-4-5-6-7-8-9-13-18-29-21-23-31(24-22-29)33-34-26-30(27-35-33)19-14-11-10-12-17-28(2)37-32-20-15-16-25-36-32/h21-24,26-28,32H,3-20,25H2,1-2H3. The van der Waals surface area contributed by atoms with E-state index in [1.165, 1.54) is 107 Å². The molecule has 1 fully saturated rings. The third-order valence-electron chi connectivity index (χ3n) is 7.58. The normalized spacial score (nSPS) is 16.6. The van der Waals surface area contributed by atoms with Crippen LogP contribution in [0.25, 0.3) is 11.4 Å². The van der Waals surface area contributed by atoms with Crippen molar-refractivity contribution in [2.45, 2.75) is 142 Å². The zero-order chi connectivity index (χ0) is 26.0. The van der Waals surface area contributed by atoms with Gasteiger partial charge in [-0.05, 0) is 69.4 Å². The van der Waals surface area contributed by atoms with Crippen molar-refractivity contribution in [2.75, 3.05) is 6.61 Å². The second kappa shape index (κ2) is 18.5. The van der Waals surface area contributed by atoms with Gasteiger partial charge in [0.15, 0.2) is 12.1 Å². The third kappa shape index (κ3) is 12.5. The summed E-state index contributed by atoms with van der Waals surface area (Å²) in [5.74, 6) is 0.832. The van der Waals surface area contributed by atoms with E-state index in [1.807, 2.05) is 12.4 Å². The second-order valence-corrected chi connectivity index (χ2v) is 11.0. The van der Waals surface area contributed by atoms with Gasteiger partial charge in [0, 0.05) is 24.6 Å². The Bertz CT molecular complexity index is 815. The van der Waals surface area contributed by atoms with E-state index in [4.69, 9.17) is 9.47 Å². The van der Waals surface area contributed by atoms with E-state index >= 15 is 0 Å². The summed E-state index contributed by atoms with van der Waals surface area (Å²) in [6.07, 6.45) is 27.0. The van der Waals surface area contributed by atoms with E-state index in [2.05, 4.69) is 48.1 Å². The highest BCUT2D eigenvalue weighted by Crippen LogP contribution is 2.20. The lowest BCUT2D eigenvalue weighted by atomic mass is 10.0. The second-order valence-electron chi connectivity index (χ2n) is 11.0. The smallest absolute Gasteiger partial charge is 0.159 e. The number of benzene rings is 1. The predicted molar refractivity (Wildman–Crippen MR) is 155 cm³/mol. The lowest BCUT2D eigenvalue weighted by Gasteiger charge is -2.26. The average molecular weight is 509 g/mol. The van der Waals surface area contributed by atoms with Crippen molar-refractivity contribution in [3.8, 4) is 11.4 Å². The van der Waals surface area contributed by atoms with Gasteiger partial charge in [-0.3, -0.25) is 0 Å². The first kappa shape index (κ1) is 29.8. The Labute approximate surface area is 227 Å². The SMILES string of the molecule is CCCCCCCCCCc1ccc(-c2ncc(CCCCCCC(C)OC3CCCCO3)cn2)cc1. The van der Waals surface area contributed by atoms with Gasteiger partial charge in [0.25, 0.3) is 0 Å². The minimum Gasteiger partial charge on any atom is -0.353 e. The van der Waals surface area contributed by atoms with Gasteiger partial charge >= 0.3 is 0 Å². The van der Waals surface area contributed by atoms with Crippen LogP contribution in [-0.4, -0.2) is 29.0 Å². The highest BCUT2D eigenvalue weighted by Gasteiger charge is 2.16. The van der Waals surface area contributed by atoms with Crippen molar-refractivity contribution >= 4 is 0 Å². The van der Waals surface area contributed by atoms with Crippen LogP contribution >= 0.6 is 0 Å². The number of nitrogens with zero attached hydrogens (tertiary/aromatic N) is 2. The molecule has 0 saturated carbocycles. The van der Waals surface area contributed by atoms with Crippen LogP contribution in [0.5, 0.6) is 0 Å². The number of unbranched alkanes of at least 4 members (excludes halogenated alkanes) is 10. The first-order valence-corrected chi connectivity index (χ1v) is 15.4. The van der Waals surface area contributed by atoms with Gasteiger partial charge in [0.1, 0.15) is 0 Å². The van der Waals surface area contributed by atoms with E-state index in [0.717, 1.165) is 37.3 Å². The van der Waals surface area contributed by atoms with E-state index in [-0.39, 0.29) is 6.29 Å². The van der Waals surface area contributed by atoms with E-state index in [9.17, 15) is 0 Å². The molecular formula is C33H52N2O2. The van der Waals surface area contributed by atoms with Crippen LogP contribution in [0.3, 0.4) is 0 Å². The molecule has 0 radical (unpaired) electrons. The molecule has 1 aromatic heterocycles. The van der Waals surface area contributed by atoms with Gasteiger partial charge < -0.3 is 9.47 Å².